The van der Waals surface area contributed by atoms with Crippen LogP contribution in [-0.4, -0.2) is 35.6 Å². The van der Waals surface area contributed by atoms with Crippen LogP contribution in [0.5, 0.6) is 0 Å². The molecule has 0 amide bonds. The highest BCUT2D eigenvalue weighted by Crippen LogP contribution is 2.24. The Hall–Kier alpha value is -1.42. The molecule has 1 N–H and O–H groups in total. The Balaban J connectivity index is 2.24. The number of nitrogens with zero attached hydrogens (tertiary/aromatic N) is 2. The van der Waals surface area contributed by atoms with E-state index in [1.165, 1.54) is 0 Å². The number of aromatic nitrogens is 1. The summed E-state index contributed by atoms with van der Waals surface area (Å²) in [4.78, 5) is 18.0. The van der Waals surface area contributed by atoms with Crippen LogP contribution in [0.2, 0.25) is 0 Å². The fourth-order valence-corrected chi connectivity index (χ4v) is 2.33. The second-order valence-electron chi connectivity index (χ2n) is 4.57. The smallest absolute Gasteiger partial charge is 0.163 e. The minimum absolute atomic E-state index is 0.0409. The molecule has 1 aromatic heterocycles. The lowest BCUT2D eigenvalue weighted by atomic mass is 9.98. The van der Waals surface area contributed by atoms with E-state index < -0.39 is 0 Å². The van der Waals surface area contributed by atoms with Crippen LogP contribution in [0.4, 0.5) is 5.82 Å². The van der Waals surface area contributed by atoms with Gasteiger partial charge >= 0.3 is 0 Å². The van der Waals surface area contributed by atoms with Gasteiger partial charge in [-0.25, -0.2) is 4.98 Å². The molecule has 17 heavy (non-hydrogen) atoms. The van der Waals surface area contributed by atoms with Crippen LogP contribution in [-0.2, 0) is 0 Å². The quantitative estimate of drug-likeness (QED) is 0.805. The summed E-state index contributed by atoms with van der Waals surface area (Å²) in [7, 11) is 0. The Kier molecular flexibility index (Phi) is 3.74. The first kappa shape index (κ1) is 12.0. The molecule has 0 aliphatic carbocycles. The molecule has 0 aromatic carbocycles. The van der Waals surface area contributed by atoms with Crippen LogP contribution >= 0.6 is 0 Å². The largest absolute Gasteiger partial charge is 0.396 e. The predicted octanol–water partition coefficient (Wildman–Crippen LogP) is 1.49. The molecule has 1 unspecified atom stereocenters. The Morgan fingerprint density at radius 3 is 3.18 bits per heavy atom. The van der Waals surface area contributed by atoms with Gasteiger partial charge in [-0.1, -0.05) is 0 Å². The summed E-state index contributed by atoms with van der Waals surface area (Å²) < 4.78 is 0. The average Bonchev–Trinajstić information content (AvgIpc) is 2.39. The Morgan fingerprint density at radius 1 is 1.65 bits per heavy atom. The van der Waals surface area contributed by atoms with Gasteiger partial charge in [0.05, 0.1) is 5.56 Å². The first-order chi connectivity index (χ1) is 8.22. The maximum Gasteiger partial charge on any atom is 0.163 e. The highest BCUT2D eigenvalue weighted by atomic mass is 16.3. The minimum Gasteiger partial charge on any atom is -0.396 e. The van der Waals surface area contributed by atoms with Gasteiger partial charge in [-0.2, -0.15) is 0 Å². The number of aliphatic hydroxyl groups is 1. The molecule has 0 saturated carbocycles. The maximum absolute atomic E-state index is 11.5. The topological polar surface area (TPSA) is 53.4 Å². The molecule has 4 heteroatoms. The first-order valence-electron chi connectivity index (χ1n) is 6.04. The number of piperidine rings is 1. The molecule has 2 rings (SSSR count). The molecule has 0 bridgehead atoms. The number of carbonyl (C=O) groups is 1. The van der Waals surface area contributed by atoms with Crippen molar-refractivity contribution >= 4 is 11.6 Å². The summed E-state index contributed by atoms with van der Waals surface area (Å²) in [6.45, 7) is 3.47. The number of aliphatic hydroxyl groups excluding tert-OH is 1. The monoisotopic (exact) mass is 234 g/mol. The van der Waals surface area contributed by atoms with Crippen molar-refractivity contribution in [2.75, 3.05) is 24.6 Å². The molecule has 92 valence electrons. The molecule has 1 aromatic rings. The van der Waals surface area contributed by atoms with Gasteiger partial charge in [0, 0.05) is 25.9 Å². The van der Waals surface area contributed by atoms with E-state index in [0.29, 0.717) is 11.5 Å². The van der Waals surface area contributed by atoms with Gasteiger partial charge in [-0.3, -0.25) is 4.79 Å². The standard InChI is InChI=1S/C13H18N2O2/c1-10(17)12-5-2-6-14-13(12)15-7-3-4-11(8-15)9-16/h2,5-6,11,16H,3-4,7-9H2,1H3. The normalized spacial score (nSPS) is 20.4. The zero-order valence-electron chi connectivity index (χ0n) is 10.1. The molecule has 0 radical (unpaired) electrons. The molecule has 4 nitrogen and oxygen atoms in total. The van der Waals surface area contributed by atoms with Crippen molar-refractivity contribution < 1.29 is 9.90 Å². The number of ketones is 1. The van der Waals surface area contributed by atoms with E-state index in [4.69, 9.17) is 0 Å². The van der Waals surface area contributed by atoms with E-state index in [1.807, 2.05) is 6.07 Å². The van der Waals surface area contributed by atoms with Gasteiger partial charge in [0.2, 0.25) is 0 Å². The SMILES string of the molecule is CC(=O)c1cccnc1N1CCCC(CO)C1. The Morgan fingerprint density at radius 2 is 2.47 bits per heavy atom. The molecule has 1 atom stereocenters. The third kappa shape index (κ3) is 2.64. The number of hydrogen-bond acceptors (Lipinski definition) is 4. The molecule has 1 saturated heterocycles. The maximum atomic E-state index is 11.5. The van der Waals surface area contributed by atoms with E-state index >= 15 is 0 Å². The third-order valence-electron chi connectivity index (χ3n) is 3.24. The van der Waals surface area contributed by atoms with Crippen LogP contribution in [0.25, 0.3) is 0 Å². The van der Waals surface area contributed by atoms with Crippen LogP contribution in [0, 0.1) is 5.92 Å². The highest BCUT2D eigenvalue weighted by Gasteiger charge is 2.22. The molecule has 1 fully saturated rings. The van der Waals surface area contributed by atoms with E-state index in [2.05, 4.69) is 9.88 Å². The average molecular weight is 234 g/mol. The first-order valence-corrected chi connectivity index (χ1v) is 6.04. The van der Waals surface area contributed by atoms with Gasteiger partial charge in [-0.05, 0) is 37.8 Å². The summed E-state index contributed by atoms with van der Waals surface area (Å²) in [5, 5.41) is 9.22. The molecular weight excluding hydrogens is 216 g/mol. The van der Waals surface area contributed by atoms with Gasteiger partial charge in [0.25, 0.3) is 0 Å². The second-order valence-corrected chi connectivity index (χ2v) is 4.57. The van der Waals surface area contributed by atoms with Gasteiger partial charge in [0.15, 0.2) is 5.78 Å². The van der Waals surface area contributed by atoms with Crippen molar-refractivity contribution in [1.29, 1.82) is 0 Å². The lowest BCUT2D eigenvalue weighted by molar-refractivity contribution is 0.101. The molecule has 1 aliphatic heterocycles. The third-order valence-corrected chi connectivity index (χ3v) is 3.24. The summed E-state index contributed by atoms with van der Waals surface area (Å²) >= 11 is 0. The van der Waals surface area contributed by atoms with Crippen LogP contribution in [0.3, 0.4) is 0 Å². The van der Waals surface area contributed by atoms with E-state index in [1.54, 1.807) is 19.2 Å². The molecule has 0 spiro atoms. The number of rotatable bonds is 3. The molecular formula is C13H18N2O2. The summed E-state index contributed by atoms with van der Waals surface area (Å²) in [6.07, 6.45) is 3.80. The van der Waals surface area contributed by atoms with Crippen molar-refractivity contribution in [3.63, 3.8) is 0 Å². The minimum atomic E-state index is 0.0409. The fourth-order valence-electron chi connectivity index (χ4n) is 2.33. The number of hydrogen-bond donors (Lipinski definition) is 1. The van der Waals surface area contributed by atoms with Crippen molar-refractivity contribution in [3.8, 4) is 0 Å². The Labute approximate surface area is 101 Å². The van der Waals surface area contributed by atoms with E-state index in [9.17, 15) is 9.90 Å². The lowest BCUT2D eigenvalue weighted by Crippen LogP contribution is -2.38. The summed E-state index contributed by atoms with van der Waals surface area (Å²) in [5.41, 5.74) is 0.672. The Bertz CT molecular complexity index is 406. The predicted molar refractivity (Wildman–Crippen MR) is 66.3 cm³/mol. The number of carbonyl (C=O) groups excluding carboxylic acids is 1. The van der Waals surface area contributed by atoms with Crippen LogP contribution < -0.4 is 4.90 Å². The highest BCUT2D eigenvalue weighted by molar-refractivity contribution is 5.98. The summed E-state index contributed by atoms with van der Waals surface area (Å²) in [6, 6.07) is 3.60. The summed E-state index contributed by atoms with van der Waals surface area (Å²) in [5.74, 6) is 1.10. The fraction of sp³-hybridized carbons (Fsp3) is 0.538. The van der Waals surface area contributed by atoms with Crippen LogP contribution in [0.1, 0.15) is 30.1 Å². The van der Waals surface area contributed by atoms with Gasteiger partial charge in [0.1, 0.15) is 5.82 Å². The van der Waals surface area contributed by atoms with E-state index in [-0.39, 0.29) is 12.4 Å². The number of Topliss-reactive ketones (excluding diaryl/α,β-unsaturated/α-hetero) is 1. The molecule has 1 aliphatic rings. The zero-order chi connectivity index (χ0) is 12.3. The zero-order valence-corrected chi connectivity index (χ0v) is 10.1. The van der Waals surface area contributed by atoms with Gasteiger partial charge < -0.3 is 10.0 Å². The number of anilines is 1. The van der Waals surface area contributed by atoms with Crippen molar-refractivity contribution in [3.05, 3.63) is 23.9 Å². The van der Waals surface area contributed by atoms with Crippen molar-refractivity contribution in [1.82, 2.24) is 4.98 Å². The van der Waals surface area contributed by atoms with E-state index in [0.717, 1.165) is 31.7 Å². The molecule has 2 heterocycles. The number of pyridine rings is 1. The van der Waals surface area contributed by atoms with Crippen LogP contribution in [0.15, 0.2) is 18.3 Å². The van der Waals surface area contributed by atoms with Crippen molar-refractivity contribution in [2.24, 2.45) is 5.92 Å². The van der Waals surface area contributed by atoms with Gasteiger partial charge in [-0.15, -0.1) is 0 Å². The van der Waals surface area contributed by atoms with Crippen molar-refractivity contribution in [2.45, 2.75) is 19.8 Å². The second kappa shape index (κ2) is 5.27. The lowest BCUT2D eigenvalue weighted by Gasteiger charge is -2.33.